The molecule has 220 valence electrons. The van der Waals surface area contributed by atoms with Crippen LogP contribution in [-0.2, 0) is 11.2 Å². The molecule has 0 bridgehead atoms. The van der Waals surface area contributed by atoms with Gasteiger partial charge in [0.25, 0.3) is 5.91 Å². The van der Waals surface area contributed by atoms with Crippen LogP contribution in [0.25, 0.3) is 0 Å². The summed E-state index contributed by atoms with van der Waals surface area (Å²) in [6, 6.07) is 21.9. The number of amides is 1. The molecule has 0 aliphatic heterocycles. The Morgan fingerprint density at radius 2 is 1.34 bits per heavy atom. The second kappa shape index (κ2) is 16.4. The molecule has 0 radical (unpaired) electrons. The number of nitrogens with zero attached hydrogens (tertiary/aromatic N) is 1. The number of esters is 1. The SMILES string of the molecule is C[N+](C)(C)C(Cc1ccccc1)C(=O)NCCCCCCCCOc1ccc(OC(=O)c2c(Cl)cccc2Cl)cc1. The summed E-state index contributed by atoms with van der Waals surface area (Å²) in [6.45, 7) is 1.34. The van der Waals surface area contributed by atoms with Crippen LogP contribution in [0.3, 0.4) is 0 Å². The number of carbonyl (C=O) groups is 2. The molecule has 0 saturated carbocycles. The van der Waals surface area contributed by atoms with E-state index in [1.54, 1.807) is 42.5 Å². The molecule has 0 aromatic heterocycles. The molecule has 0 aliphatic rings. The van der Waals surface area contributed by atoms with E-state index >= 15 is 0 Å². The molecule has 41 heavy (non-hydrogen) atoms. The van der Waals surface area contributed by atoms with Crippen LogP contribution in [0.2, 0.25) is 10.0 Å². The first-order valence-corrected chi connectivity index (χ1v) is 14.9. The summed E-state index contributed by atoms with van der Waals surface area (Å²) in [5.41, 5.74) is 1.33. The zero-order valence-electron chi connectivity index (χ0n) is 24.2. The van der Waals surface area contributed by atoms with Gasteiger partial charge in [-0.05, 0) is 54.8 Å². The van der Waals surface area contributed by atoms with E-state index in [2.05, 4.69) is 38.6 Å². The molecule has 1 unspecified atom stereocenters. The Hall–Kier alpha value is -3.06. The van der Waals surface area contributed by atoms with Gasteiger partial charge in [0.2, 0.25) is 0 Å². The van der Waals surface area contributed by atoms with Crippen LogP contribution in [-0.4, -0.2) is 56.7 Å². The molecule has 0 saturated heterocycles. The Labute approximate surface area is 254 Å². The van der Waals surface area contributed by atoms with E-state index in [0.29, 0.717) is 23.4 Å². The van der Waals surface area contributed by atoms with Crippen molar-refractivity contribution in [2.45, 2.75) is 51.0 Å². The Morgan fingerprint density at radius 3 is 1.98 bits per heavy atom. The molecule has 1 atom stereocenters. The smallest absolute Gasteiger partial charge is 0.346 e. The van der Waals surface area contributed by atoms with E-state index in [4.69, 9.17) is 32.7 Å². The summed E-state index contributed by atoms with van der Waals surface area (Å²) < 4.78 is 11.8. The molecule has 0 fully saturated rings. The van der Waals surface area contributed by atoms with Crippen molar-refractivity contribution >= 4 is 35.1 Å². The Balaban J connectivity index is 1.25. The Bertz CT molecular complexity index is 1220. The highest BCUT2D eigenvalue weighted by atomic mass is 35.5. The van der Waals surface area contributed by atoms with Gasteiger partial charge in [0.05, 0.1) is 43.4 Å². The van der Waals surface area contributed by atoms with Gasteiger partial charge in [0.1, 0.15) is 11.5 Å². The quantitative estimate of drug-likeness (QED) is 0.0808. The van der Waals surface area contributed by atoms with Gasteiger partial charge in [-0.25, -0.2) is 4.79 Å². The molecule has 0 spiro atoms. The van der Waals surface area contributed by atoms with Crippen molar-refractivity contribution < 1.29 is 23.5 Å². The fourth-order valence-corrected chi connectivity index (χ4v) is 5.02. The van der Waals surface area contributed by atoms with Crippen molar-refractivity contribution in [3.8, 4) is 11.5 Å². The summed E-state index contributed by atoms with van der Waals surface area (Å²) >= 11 is 12.2. The van der Waals surface area contributed by atoms with E-state index in [-0.39, 0.29) is 27.6 Å². The third kappa shape index (κ3) is 11.0. The second-order valence-corrected chi connectivity index (χ2v) is 11.9. The average molecular weight is 601 g/mol. The number of benzene rings is 3. The number of ether oxygens (including phenoxy) is 2. The van der Waals surface area contributed by atoms with Gasteiger partial charge in [-0.1, -0.05) is 85.3 Å². The Kier molecular flexibility index (Phi) is 13.0. The van der Waals surface area contributed by atoms with Crippen molar-refractivity contribution in [2.75, 3.05) is 34.3 Å². The molecule has 6 nitrogen and oxygen atoms in total. The molecule has 3 rings (SSSR count). The average Bonchev–Trinajstić information content (AvgIpc) is 2.93. The number of quaternary nitrogens is 1. The highest BCUT2D eigenvalue weighted by Crippen LogP contribution is 2.26. The lowest BCUT2D eigenvalue weighted by molar-refractivity contribution is -0.886. The van der Waals surface area contributed by atoms with Crippen LogP contribution in [0, 0.1) is 0 Å². The van der Waals surface area contributed by atoms with Crippen LogP contribution in [0.4, 0.5) is 0 Å². The number of rotatable bonds is 16. The summed E-state index contributed by atoms with van der Waals surface area (Å²) in [5.74, 6) is 0.622. The molecule has 1 N–H and O–H groups in total. The van der Waals surface area contributed by atoms with Gasteiger partial charge in [-0.15, -0.1) is 0 Å². The Morgan fingerprint density at radius 1 is 0.756 bits per heavy atom. The van der Waals surface area contributed by atoms with Gasteiger partial charge in [0, 0.05) is 13.0 Å². The van der Waals surface area contributed by atoms with E-state index < -0.39 is 5.97 Å². The normalized spacial score (nSPS) is 12.0. The predicted octanol–water partition coefficient (Wildman–Crippen LogP) is 7.37. The van der Waals surface area contributed by atoms with Gasteiger partial charge >= 0.3 is 5.97 Å². The summed E-state index contributed by atoms with van der Waals surface area (Å²) in [7, 11) is 6.22. The number of likely N-dealkylation sites (N-methyl/N-ethyl adjacent to an activating group) is 1. The molecule has 1 amide bonds. The maximum atomic E-state index is 12.9. The largest absolute Gasteiger partial charge is 0.494 e. The fraction of sp³-hybridized carbons (Fsp3) is 0.394. The second-order valence-electron chi connectivity index (χ2n) is 11.0. The molecular weight excluding hydrogens is 559 g/mol. The standard InChI is InChI=1S/C33H40Cl2N2O4/c1-37(2,3)30(24-25-14-9-8-10-15-25)32(38)36-22-11-6-4-5-7-12-23-40-26-18-20-27(21-19-26)41-33(39)31-28(34)16-13-17-29(31)35/h8-10,13-21,30H,4-7,11-12,22-24H2,1-3H3/p+1. The maximum absolute atomic E-state index is 12.9. The zero-order valence-corrected chi connectivity index (χ0v) is 25.7. The lowest BCUT2D eigenvalue weighted by Crippen LogP contribution is -2.55. The summed E-state index contributed by atoms with van der Waals surface area (Å²) in [6.07, 6.45) is 7.12. The number of halogens is 2. The minimum atomic E-state index is -0.604. The van der Waals surface area contributed by atoms with Gasteiger partial charge in [-0.2, -0.15) is 0 Å². The van der Waals surface area contributed by atoms with E-state index in [1.165, 1.54) is 5.56 Å². The summed E-state index contributed by atoms with van der Waals surface area (Å²) in [5, 5.41) is 3.65. The molecular formula is C33H41Cl2N2O4+. The van der Waals surface area contributed by atoms with Crippen LogP contribution in [0.5, 0.6) is 11.5 Å². The van der Waals surface area contributed by atoms with Crippen molar-refractivity contribution in [1.29, 1.82) is 0 Å². The van der Waals surface area contributed by atoms with Crippen molar-refractivity contribution in [1.82, 2.24) is 5.32 Å². The van der Waals surface area contributed by atoms with Crippen molar-refractivity contribution in [2.24, 2.45) is 0 Å². The number of nitrogens with one attached hydrogen (secondary N) is 1. The lowest BCUT2D eigenvalue weighted by Gasteiger charge is -2.33. The van der Waals surface area contributed by atoms with Crippen LogP contribution < -0.4 is 14.8 Å². The fourth-order valence-electron chi connectivity index (χ4n) is 4.46. The topological polar surface area (TPSA) is 64.6 Å². The van der Waals surface area contributed by atoms with Gasteiger partial charge < -0.3 is 19.3 Å². The summed E-state index contributed by atoms with van der Waals surface area (Å²) in [4.78, 5) is 25.3. The van der Waals surface area contributed by atoms with Crippen molar-refractivity contribution in [3.05, 3.63) is 94.0 Å². The first-order chi connectivity index (χ1) is 19.6. The molecule has 3 aromatic rings. The minimum absolute atomic E-state index is 0.115. The van der Waals surface area contributed by atoms with Crippen LogP contribution in [0.15, 0.2) is 72.8 Å². The maximum Gasteiger partial charge on any atom is 0.346 e. The predicted molar refractivity (Wildman–Crippen MR) is 166 cm³/mol. The zero-order chi connectivity index (χ0) is 29.7. The molecule has 3 aromatic carbocycles. The van der Waals surface area contributed by atoms with Gasteiger partial charge in [0.15, 0.2) is 6.04 Å². The molecule has 0 aliphatic carbocycles. The molecule has 0 heterocycles. The number of hydrogen-bond acceptors (Lipinski definition) is 4. The third-order valence-electron chi connectivity index (χ3n) is 6.85. The van der Waals surface area contributed by atoms with Gasteiger partial charge in [-0.3, -0.25) is 4.79 Å². The highest BCUT2D eigenvalue weighted by Gasteiger charge is 2.31. The van der Waals surface area contributed by atoms with E-state index in [9.17, 15) is 9.59 Å². The first-order valence-electron chi connectivity index (χ1n) is 14.2. The number of unbranched alkanes of at least 4 members (excludes halogenated alkanes) is 5. The number of hydrogen-bond donors (Lipinski definition) is 1. The van der Waals surface area contributed by atoms with E-state index in [0.717, 1.165) is 50.7 Å². The number of carbonyl (C=O) groups excluding carboxylic acids is 2. The molecule has 8 heteroatoms. The highest BCUT2D eigenvalue weighted by molar-refractivity contribution is 6.39. The monoisotopic (exact) mass is 599 g/mol. The first kappa shape index (κ1) is 32.5. The van der Waals surface area contributed by atoms with Crippen LogP contribution in [0.1, 0.15) is 54.4 Å². The minimum Gasteiger partial charge on any atom is -0.494 e. The van der Waals surface area contributed by atoms with Crippen LogP contribution >= 0.6 is 23.2 Å². The third-order valence-corrected chi connectivity index (χ3v) is 7.48. The van der Waals surface area contributed by atoms with E-state index in [1.807, 2.05) is 18.2 Å². The van der Waals surface area contributed by atoms with Crippen molar-refractivity contribution in [3.63, 3.8) is 0 Å². The lowest BCUT2D eigenvalue weighted by atomic mass is 10.0.